The zero-order valence-corrected chi connectivity index (χ0v) is 13.2. The molecule has 0 unspecified atom stereocenters. The Morgan fingerprint density at radius 1 is 1.29 bits per heavy atom. The second kappa shape index (κ2) is 6.08. The van der Waals surface area contributed by atoms with E-state index in [1.165, 1.54) is 12.1 Å². The summed E-state index contributed by atoms with van der Waals surface area (Å²) < 4.78 is 39.5. The molecule has 0 spiro atoms. The monoisotopic (exact) mass is 318 g/mol. The van der Waals surface area contributed by atoms with Gasteiger partial charge < -0.3 is 10.6 Å². The number of rotatable bonds is 2. The molecule has 1 aliphatic rings. The molecule has 1 aromatic rings. The first-order valence-electron chi connectivity index (χ1n) is 7.02. The van der Waals surface area contributed by atoms with E-state index in [2.05, 4.69) is 13.8 Å². The summed E-state index contributed by atoms with van der Waals surface area (Å²) in [5.74, 6) is 0.924. The number of halogens is 3. The topological polar surface area (TPSA) is 29.3 Å². The molecule has 0 aliphatic carbocycles. The summed E-state index contributed by atoms with van der Waals surface area (Å²) in [6.07, 6.45) is -3.40. The van der Waals surface area contributed by atoms with E-state index in [1.807, 2.05) is 16.7 Å². The van der Waals surface area contributed by atoms with Crippen molar-refractivity contribution in [2.45, 2.75) is 37.7 Å². The van der Waals surface area contributed by atoms with Gasteiger partial charge in [-0.15, -0.1) is 0 Å². The maximum Gasteiger partial charge on any atom is 0.416 e. The Balaban J connectivity index is 2.28. The Kier molecular flexibility index (Phi) is 4.78. The number of hydrogen-bond acceptors (Lipinski definition) is 3. The van der Waals surface area contributed by atoms with Crippen LogP contribution in [0.2, 0.25) is 0 Å². The fourth-order valence-electron chi connectivity index (χ4n) is 2.48. The highest BCUT2D eigenvalue weighted by molar-refractivity contribution is 8.00. The average molecular weight is 318 g/mol. The fourth-order valence-corrected chi connectivity index (χ4v) is 3.58. The zero-order valence-electron chi connectivity index (χ0n) is 12.3. The second-order valence-electron chi connectivity index (χ2n) is 5.89. The van der Waals surface area contributed by atoms with Gasteiger partial charge in [0.2, 0.25) is 0 Å². The first kappa shape index (κ1) is 16.5. The Bertz CT molecular complexity index is 500. The van der Waals surface area contributed by atoms with Gasteiger partial charge in [-0.2, -0.15) is 24.9 Å². The molecule has 0 saturated carbocycles. The van der Waals surface area contributed by atoms with E-state index in [9.17, 15) is 13.2 Å². The summed E-state index contributed by atoms with van der Waals surface area (Å²) in [5.41, 5.74) is 5.59. The molecule has 1 aliphatic heterocycles. The zero-order chi connectivity index (χ0) is 15.7. The standard InChI is InChI=1S/C15H21F3N2S/c1-14(2)5-6-20(7-8-21-14)12-4-3-11(10-19)13(9-12)15(16,17)18/h3-4,9H,5-8,10,19H2,1-2H3. The molecule has 2 rings (SSSR count). The molecule has 1 fully saturated rings. The third-order valence-corrected chi connectivity index (χ3v) is 5.19. The fraction of sp³-hybridized carbons (Fsp3) is 0.600. The van der Waals surface area contributed by atoms with Gasteiger partial charge in [-0.3, -0.25) is 0 Å². The number of nitrogens with two attached hydrogens (primary N) is 1. The van der Waals surface area contributed by atoms with Gasteiger partial charge in [0.05, 0.1) is 5.56 Å². The molecule has 2 nitrogen and oxygen atoms in total. The molecule has 0 atom stereocenters. The number of hydrogen-bond donors (Lipinski definition) is 1. The smallest absolute Gasteiger partial charge is 0.371 e. The molecule has 0 amide bonds. The quantitative estimate of drug-likeness (QED) is 0.897. The molecule has 0 radical (unpaired) electrons. The molecular weight excluding hydrogens is 297 g/mol. The molecule has 1 heterocycles. The van der Waals surface area contributed by atoms with Crippen LogP contribution in [-0.2, 0) is 12.7 Å². The van der Waals surface area contributed by atoms with Crippen LogP contribution in [0.4, 0.5) is 18.9 Å². The van der Waals surface area contributed by atoms with Crippen LogP contribution in [0, 0.1) is 0 Å². The Morgan fingerprint density at radius 2 is 2.00 bits per heavy atom. The minimum atomic E-state index is -4.36. The lowest BCUT2D eigenvalue weighted by atomic mass is 10.0. The highest BCUT2D eigenvalue weighted by Gasteiger charge is 2.34. The lowest BCUT2D eigenvalue weighted by Crippen LogP contribution is -2.27. The third kappa shape index (κ3) is 4.07. The number of thioether (sulfide) groups is 1. The van der Waals surface area contributed by atoms with Crippen LogP contribution >= 0.6 is 11.8 Å². The SMILES string of the molecule is CC1(C)CCN(c2ccc(CN)c(C(F)(F)F)c2)CCS1. The molecule has 2 N–H and O–H groups in total. The Morgan fingerprint density at radius 3 is 2.62 bits per heavy atom. The minimum absolute atomic E-state index is 0.0992. The first-order chi connectivity index (χ1) is 9.73. The summed E-state index contributed by atoms with van der Waals surface area (Å²) in [5, 5.41) is 0. The summed E-state index contributed by atoms with van der Waals surface area (Å²) in [7, 11) is 0. The van der Waals surface area contributed by atoms with Crippen molar-refractivity contribution in [3.63, 3.8) is 0 Å². The van der Waals surface area contributed by atoms with Crippen molar-refractivity contribution in [2.24, 2.45) is 5.73 Å². The normalized spacial score (nSPS) is 19.4. The highest BCUT2D eigenvalue weighted by Crippen LogP contribution is 2.36. The molecule has 118 valence electrons. The van der Waals surface area contributed by atoms with Gasteiger partial charge >= 0.3 is 6.18 Å². The molecular formula is C15H21F3N2S. The maximum absolute atomic E-state index is 13.1. The second-order valence-corrected chi connectivity index (χ2v) is 7.69. The van der Waals surface area contributed by atoms with Crippen LogP contribution in [0.15, 0.2) is 18.2 Å². The molecule has 0 bridgehead atoms. The van der Waals surface area contributed by atoms with Crippen LogP contribution in [0.5, 0.6) is 0 Å². The minimum Gasteiger partial charge on any atom is -0.371 e. The van der Waals surface area contributed by atoms with Crippen LogP contribution in [0.1, 0.15) is 31.4 Å². The number of alkyl halides is 3. The van der Waals surface area contributed by atoms with E-state index in [0.29, 0.717) is 5.69 Å². The van der Waals surface area contributed by atoms with E-state index in [0.717, 1.165) is 25.3 Å². The number of benzene rings is 1. The van der Waals surface area contributed by atoms with Gasteiger partial charge in [0.25, 0.3) is 0 Å². The third-order valence-electron chi connectivity index (χ3n) is 3.82. The molecule has 6 heteroatoms. The summed E-state index contributed by atoms with van der Waals surface area (Å²) in [6, 6.07) is 4.49. The van der Waals surface area contributed by atoms with Crippen molar-refractivity contribution in [1.29, 1.82) is 0 Å². The largest absolute Gasteiger partial charge is 0.416 e. The van der Waals surface area contributed by atoms with Gasteiger partial charge in [0.1, 0.15) is 0 Å². The van der Waals surface area contributed by atoms with Crippen LogP contribution in [-0.4, -0.2) is 23.6 Å². The maximum atomic E-state index is 13.1. The van der Waals surface area contributed by atoms with Gasteiger partial charge in [-0.25, -0.2) is 0 Å². The average Bonchev–Trinajstić information content (AvgIpc) is 2.58. The van der Waals surface area contributed by atoms with Crippen molar-refractivity contribution in [2.75, 3.05) is 23.7 Å². The summed E-state index contributed by atoms with van der Waals surface area (Å²) in [6.45, 7) is 5.81. The predicted molar refractivity (Wildman–Crippen MR) is 82.7 cm³/mol. The van der Waals surface area contributed by atoms with Crippen molar-refractivity contribution >= 4 is 17.4 Å². The molecule has 1 aromatic carbocycles. The van der Waals surface area contributed by atoms with E-state index in [1.54, 1.807) is 6.07 Å². The van der Waals surface area contributed by atoms with E-state index in [4.69, 9.17) is 5.73 Å². The van der Waals surface area contributed by atoms with Crippen molar-refractivity contribution in [3.05, 3.63) is 29.3 Å². The van der Waals surface area contributed by atoms with Crippen molar-refractivity contribution < 1.29 is 13.2 Å². The van der Waals surface area contributed by atoms with E-state index >= 15 is 0 Å². The molecule has 21 heavy (non-hydrogen) atoms. The van der Waals surface area contributed by atoms with Crippen molar-refractivity contribution in [3.8, 4) is 0 Å². The van der Waals surface area contributed by atoms with Gasteiger partial charge in [-0.05, 0) is 24.1 Å². The highest BCUT2D eigenvalue weighted by atomic mass is 32.2. The first-order valence-corrected chi connectivity index (χ1v) is 8.00. The van der Waals surface area contributed by atoms with Crippen LogP contribution in [0.25, 0.3) is 0 Å². The number of nitrogens with zero attached hydrogens (tertiary/aromatic N) is 1. The predicted octanol–water partition coefficient (Wildman–Crippen LogP) is 3.89. The Hall–Kier alpha value is -0.880. The molecule has 0 aromatic heterocycles. The van der Waals surface area contributed by atoms with Crippen LogP contribution in [0.3, 0.4) is 0 Å². The van der Waals surface area contributed by atoms with Gasteiger partial charge in [0.15, 0.2) is 0 Å². The molecule has 1 saturated heterocycles. The van der Waals surface area contributed by atoms with Crippen molar-refractivity contribution in [1.82, 2.24) is 0 Å². The van der Waals surface area contributed by atoms with Gasteiger partial charge in [0, 0.05) is 35.8 Å². The van der Waals surface area contributed by atoms with Crippen LogP contribution < -0.4 is 10.6 Å². The van der Waals surface area contributed by atoms with E-state index in [-0.39, 0.29) is 16.9 Å². The van der Waals surface area contributed by atoms with Gasteiger partial charge in [-0.1, -0.05) is 19.9 Å². The summed E-state index contributed by atoms with van der Waals surface area (Å²) in [4.78, 5) is 2.04. The van der Waals surface area contributed by atoms with E-state index < -0.39 is 11.7 Å². The summed E-state index contributed by atoms with van der Waals surface area (Å²) >= 11 is 1.87. The lowest BCUT2D eigenvalue weighted by Gasteiger charge is -2.25. The Labute approximate surface area is 127 Å². The lowest BCUT2D eigenvalue weighted by molar-refractivity contribution is -0.138. The number of anilines is 1.